The fraction of sp³-hybridized carbons (Fsp3) is 0.393. The van der Waals surface area contributed by atoms with Gasteiger partial charge in [0, 0.05) is 52.9 Å². The lowest BCUT2D eigenvalue weighted by molar-refractivity contribution is -0.137. The van der Waals surface area contributed by atoms with Gasteiger partial charge in [-0.05, 0) is 55.7 Å². The van der Waals surface area contributed by atoms with Gasteiger partial charge in [0.15, 0.2) is 5.82 Å². The summed E-state index contributed by atoms with van der Waals surface area (Å²) in [4.78, 5) is 11.3. The highest BCUT2D eigenvalue weighted by molar-refractivity contribution is 6.00. The minimum atomic E-state index is -0.903. The first-order valence-corrected chi connectivity index (χ1v) is 12.3. The number of nitriles is 1. The molecule has 1 unspecified atom stereocenters. The van der Waals surface area contributed by atoms with E-state index in [1.54, 1.807) is 18.3 Å². The van der Waals surface area contributed by atoms with Gasteiger partial charge < -0.3 is 14.4 Å². The van der Waals surface area contributed by atoms with Gasteiger partial charge >= 0.3 is 5.97 Å². The molecule has 2 aromatic heterocycles. The summed E-state index contributed by atoms with van der Waals surface area (Å²) in [6.07, 6.45) is 2.50. The second kappa shape index (κ2) is 10.7. The number of ether oxygens (including phenoxy) is 1. The third-order valence-electron chi connectivity index (χ3n) is 6.77. The van der Waals surface area contributed by atoms with Crippen LogP contribution in [-0.2, 0) is 14.9 Å². The molecule has 2 heterocycles. The number of fused-ring (bicyclic) bond motifs is 2. The Kier molecular flexibility index (Phi) is 7.60. The number of nitrogens with one attached hydrogen (secondary N) is 1. The molecule has 1 atom stereocenters. The van der Waals surface area contributed by atoms with Crippen LogP contribution in [0.5, 0.6) is 0 Å². The van der Waals surface area contributed by atoms with Crippen LogP contribution in [0.3, 0.4) is 0 Å². The molecule has 0 radical (unpaired) electrons. The van der Waals surface area contributed by atoms with E-state index in [2.05, 4.69) is 16.3 Å². The van der Waals surface area contributed by atoms with Crippen LogP contribution in [0.1, 0.15) is 63.6 Å². The number of aliphatic carboxylic acids is 1. The van der Waals surface area contributed by atoms with E-state index < -0.39 is 23.0 Å². The second-order valence-electron chi connectivity index (χ2n) is 9.85. The van der Waals surface area contributed by atoms with E-state index >= 15 is 4.39 Å². The highest BCUT2D eigenvalue weighted by atomic mass is 19.1. The van der Waals surface area contributed by atoms with Crippen molar-refractivity contribution in [1.29, 1.82) is 5.26 Å². The fourth-order valence-electron chi connectivity index (χ4n) is 5.10. The largest absolute Gasteiger partial charge is 0.481 e. The van der Waals surface area contributed by atoms with Crippen LogP contribution in [0.25, 0.3) is 27.5 Å². The van der Waals surface area contributed by atoms with Crippen molar-refractivity contribution in [3.8, 4) is 11.8 Å². The minimum Gasteiger partial charge on any atom is -0.481 e. The number of nitrogens with zero attached hydrogens (tertiary/aromatic N) is 3. The van der Waals surface area contributed by atoms with Crippen LogP contribution < -0.4 is 0 Å². The van der Waals surface area contributed by atoms with E-state index in [1.165, 1.54) is 12.1 Å². The first-order chi connectivity index (χ1) is 17.7. The standard InChI is InChI=1S/C28H30F2N4O3/c1-4-37-16-17(6-5-7-22(35)36)23-24-21(14-18-15-32-33-26(18)25(24)30)34(20-10-8-19(29)9-11-20)27(23)28(2,3)12-13-31/h8-11,14-15,17H,4-7,12,16H2,1-3H3,(H,32,33)(H,35,36). The lowest BCUT2D eigenvalue weighted by atomic mass is 9.79. The van der Waals surface area contributed by atoms with Gasteiger partial charge in [-0.3, -0.25) is 9.89 Å². The summed E-state index contributed by atoms with van der Waals surface area (Å²) in [6, 6.07) is 10.0. The summed E-state index contributed by atoms with van der Waals surface area (Å²) in [5.74, 6) is -2.12. The van der Waals surface area contributed by atoms with E-state index in [4.69, 9.17) is 4.74 Å². The Morgan fingerprint density at radius 3 is 2.68 bits per heavy atom. The van der Waals surface area contributed by atoms with Gasteiger partial charge in [-0.15, -0.1) is 0 Å². The molecule has 2 N–H and O–H groups in total. The van der Waals surface area contributed by atoms with Crippen molar-refractivity contribution in [2.75, 3.05) is 13.2 Å². The van der Waals surface area contributed by atoms with Crippen molar-refractivity contribution in [1.82, 2.24) is 14.8 Å². The zero-order valence-electron chi connectivity index (χ0n) is 21.1. The summed E-state index contributed by atoms with van der Waals surface area (Å²) in [5.41, 5.74) is 2.11. The van der Waals surface area contributed by atoms with Crippen LogP contribution in [0.4, 0.5) is 8.78 Å². The number of benzene rings is 2. The van der Waals surface area contributed by atoms with Crippen molar-refractivity contribution < 1.29 is 23.4 Å². The molecule has 0 spiro atoms. The smallest absolute Gasteiger partial charge is 0.303 e. The number of aromatic amines is 1. The molecular formula is C28H30F2N4O3. The highest BCUT2D eigenvalue weighted by Crippen LogP contribution is 2.45. The van der Waals surface area contributed by atoms with Crippen molar-refractivity contribution in [2.24, 2.45) is 0 Å². The van der Waals surface area contributed by atoms with Gasteiger partial charge in [0.25, 0.3) is 0 Å². The van der Waals surface area contributed by atoms with Crippen LogP contribution >= 0.6 is 0 Å². The quantitative estimate of drug-likeness (QED) is 0.246. The molecule has 7 nitrogen and oxygen atoms in total. The third kappa shape index (κ3) is 5.07. The summed E-state index contributed by atoms with van der Waals surface area (Å²) in [6.45, 7) is 6.42. The number of hydrogen-bond acceptors (Lipinski definition) is 4. The number of halogens is 2. The molecule has 0 saturated carbocycles. The summed E-state index contributed by atoms with van der Waals surface area (Å²) < 4.78 is 37.9. The van der Waals surface area contributed by atoms with Crippen LogP contribution in [0, 0.1) is 23.0 Å². The predicted molar refractivity (Wildman–Crippen MR) is 137 cm³/mol. The monoisotopic (exact) mass is 508 g/mol. The molecule has 4 aromatic rings. The molecular weight excluding hydrogens is 478 g/mol. The van der Waals surface area contributed by atoms with Gasteiger partial charge in [-0.1, -0.05) is 13.8 Å². The number of carbonyl (C=O) groups is 1. The van der Waals surface area contributed by atoms with Gasteiger partial charge in [-0.25, -0.2) is 8.78 Å². The molecule has 0 bridgehead atoms. The van der Waals surface area contributed by atoms with E-state index in [0.29, 0.717) is 47.0 Å². The predicted octanol–water partition coefficient (Wildman–Crippen LogP) is 6.35. The first kappa shape index (κ1) is 26.3. The number of hydrogen-bond donors (Lipinski definition) is 2. The summed E-state index contributed by atoms with van der Waals surface area (Å²) in [7, 11) is 0. The van der Waals surface area contributed by atoms with E-state index in [-0.39, 0.29) is 30.9 Å². The lowest BCUT2D eigenvalue weighted by Gasteiger charge is -2.29. The molecule has 0 amide bonds. The lowest BCUT2D eigenvalue weighted by Crippen LogP contribution is -2.24. The van der Waals surface area contributed by atoms with E-state index in [9.17, 15) is 19.6 Å². The summed E-state index contributed by atoms with van der Waals surface area (Å²) >= 11 is 0. The van der Waals surface area contributed by atoms with Crippen LogP contribution in [0.2, 0.25) is 0 Å². The number of carboxylic acids is 1. The molecule has 0 aliphatic heterocycles. The van der Waals surface area contributed by atoms with Crippen LogP contribution in [-0.4, -0.2) is 39.1 Å². The fourth-order valence-corrected chi connectivity index (χ4v) is 5.10. The van der Waals surface area contributed by atoms with Crippen molar-refractivity contribution in [3.63, 3.8) is 0 Å². The maximum absolute atomic E-state index is 16.3. The molecule has 0 aliphatic carbocycles. The Morgan fingerprint density at radius 2 is 2.03 bits per heavy atom. The Labute approximate surface area is 213 Å². The van der Waals surface area contributed by atoms with Crippen molar-refractivity contribution in [3.05, 3.63) is 59.4 Å². The zero-order chi connectivity index (χ0) is 26.7. The number of rotatable bonds is 11. The molecule has 0 fully saturated rings. The number of aromatic nitrogens is 3. The Balaban J connectivity index is 2.12. The molecule has 9 heteroatoms. The molecule has 4 rings (SSSR count). The van der Waals surface area contributed by atoms with Gasteiger partial charge in [-0.2, -0.15) is 10.4 Å². The number of H-pyrrole nitrogens is 1. The van der Waals surface area contributed by atoms with Gasteiger partial charge in [0.2, 0.25) is 0 Å². The maximum atomic E-state index is 16.3. The molecule has 194 valence electrons. The van der Waals surface area contributed by atoms with Gasteiger partial charge in [0.05, 0.1) is 24.4 Å². The van der Waals surface area contributed by atoms with E-state index in [1.807, 2.05) is 31.4 Å². The van der Waals surface area contributed by atoms with Crippen molar-refractivity contribution in [2.45, 2.75) is 57.8 Å². The molecule has 0 aliphatic rings. The SMILES string of the molecule is CCOCC(CCCC(=O)O)c1c(C(C)(C)CC#N)n(-c2ccc(F)cc2)c2cc3cn[nH]c3c(F)c12. The Bertz CT molecular complexity index is 1470. The number of carboxylic acid groups (broad SMARTS) is 1. The topological polar surface area (TPSA) is 104 Å². The third-order valence-corrected chi connectivity index (χ3v) is 6.77. The Hall–Kier alpha value is -3.77. The average Bonchev–Trinajstić information content (AvgIpc) is 3.45. The molecule has 37 heavy (non-hydrogen) atoms. The Morgan fingerprint density at radius 1 is 1.30 bits per heavy atom. The molecule has 0 saturated heterocycles. The second-order valence-corrected chi connectivity index (χ2v) is 9.85. The molecule has 2 aromatic carbocycles. The average molecular weight is 509 g/mol. The minimum absolute atomic E-state index is 0.0244. The van der Waals surface area contributed by atoms with E-state index in [0.717, 1.165) is 5.69 Å². The maximum Gasteiger partial charge on any atom is 0.303 e. The summed E-state index contributed by atoms with van der Waals surface area (Å²) in [5, 5.41) is 26.6. The normalized spacial score (nSPS) is 12.8. The first-order valence-electron chi connectivity index (χ1n) is 12.3. The van der Waals surface area contributed by atoms with Crippen LogP contribution in [0.15, 0.2) is 36.5 Å². The highest BCUT2D eigenvalue weighted by Gasteiger charge is 2.36. The zero-order valence-corrected chi connectivity index (χ0v) is 21.1. The van der Waals surface area contributed by atoms with Crippen molar-refractivity contribution >= 4 is 27.8 Å². The van der Waals surface area contributed by atoms with Gasteiger partial charge in [0.1, 0.15) is 11.3 Å².